The molecule has 0 saturated carbocycles. The van der Waals surface area contributed by atoms with Crippen LogP contribution >= 0.6 is 0 Å². The molecule has 0 radical (unpaired) electrons. The molecule has 0 aliphatic rings. The van der Waals surface area contributed by atoms with Gasteiger partial charge in [0.15, 0.2) is 0 Å². The zero-order chi connectivity index (χ0) is 12.0. The molecule has 0 aromatic rings. The largest absolute Gasteiger partial charge is 0.354 e. The summed E-state index contributed by atoms with van der Waals surface area (Å²) in [6.45, 7) is 4.11. The van der Waals surface area contributed by atoms with Gasteiger partial charge in [0, 0.05) is 27.1 Å². The van der Waals surface area contributed by atoms with E-state index in [0.29, 0.717) is 13.0 Å². The average Bonchev–Trinajstić information content (AvgIpc) is 2.15. The van der Waals surface area contributed by atoms with Gasteiger partial charge in [-0.3, -0.25) is 9.59 Å². The third-order valence-corrected chi connectivity index (χ3v) is 2.16. The van der Waals surface area contributed by atoms with E-state index in [1.54, 1.807) is 14.1 Å². The van der Waals surface area contributed by atoms with Crippen molar-refractivity contribution in [3.8, 4) is 0 Å². The summed E-state index contributed by atoms with van der Waals surface area (Å²) in [5, 5.41) is 2.64. The van der Waals surface area contributed by atoms with E-state index >= 15 is 0 Å². The average molecular weight is 215 g/mol. The van der Waals surface area contributed by atoms with Gasteiger partial charge in [-0.2, -0.15) is 0 Å². The highest BCUT2D eigenvalue weighted by Crippen LogP contribution is 1.97. The Kier molecular flexibility index (Phi) is 5.93. The van der Waals surface area contributed by atoms with E-state index in [0.717, 1.165) is 0 Å². The second-order valence-corrected chi connectivity index (χ2v) is 4.10. The zero-order valence-corrected chi connectivity index (χ0v) is 9.91. The first-order chi connectivity index (χ1) is 6.86. The van der Waals surface area contributed by atoms with Crippen LogP contribution in [0.3, 0.4) is 0 Å². The van der Waals surface area contributed by atoms with Crippen LogP contribution in [0.15, 0.2) is 0 Å². The molecule has 15 heavy (non-hydrogen) atoms. The van der Waals surface area contributed by atoms with Gasteiger partial charge < -0.3 is 16.0 Å². The predicted octanol–water partition coefficient (Wildman–Crippen LogP) is -0.436. The van der Waals surface area contributed by atoms with Crippen molar-refractivity contribution in [3.05, 3.63) is 0 Å². The van der Waals surface area contributed by atoms with Crippen LogP contribution in [-0.2, 0) is 9.59 Å². The second-order valence-electron chi connectivity index (χ2n) is 4.10. The molecule has 0 rings (SSSR count). The number of nitrogens with two attached hydrogens (primary N) is 1. The topological polar surface area (TPSA) is 75.4 Å². The molecule has 88 valence electrons. The number of hydrogen-bond acceptors (Lipinski definition) is 3. The van der Waals surface area contributed by atoms with Crippen LogP contribution in [0, 0.1) is 5.92 Å². The monoisotopic (exact) mass is 215 g/mol. The van der Waals surface area contributed by atoms with Crippen LogP contribution in [-0.4, -0.2) is 43.4 Å². The predicted molar refractivity (Wildman–Crippen MR) is 59.1 cm³/mol. The maximum atomic E-state index is 11.4. The van der Waals surface area contributed by atoms with E-state index in [-0.39, 0.29) is 17.7 Å². The summed E-state index contributed by atoms with van der Waals surface area (Å²) in [6.07, 6.45) is 0.309. The highest BCUT2D eigenvalue weighted by atomic mass is 16.2. The summed E-state index contributed by atoms with van der Waals surface area (Å²) in [4.78, 5) is 24.0. The van der Waals surface area contributed by atoms with Gasteiger partial charge in [0.05, 0.1) is 6.04 Å². The third-order valence-electron chi connectivity index (χ3n) is 2.16. The molecule has 1 atom stereocenters. The Morgan fingerprint density at radius 1 is 1.33 bits per heavy atom. The number of carbonyl (C=O) groups is 2. The Balaban J connectivity index is 3.78. The van der Waals surface area contributed by atoms with Crippen molar-refractivity contribution >= 4 is 11.8 Å². The molecule has 0 fully saturated rings. The van der Waals surface area contributed by atoms with E-state index < -0.39 is 6.04 Å². The molecule has 0 aromatic heterocycles. The first kappa shape index (κ1) is 13.9. The van der Waals surface area contributed by atoms with Crippen molar-refractivity contribution in [1.82, 2.24) is 10.2 Å². The van der Waals surface area contributed by atoms with Crippen molar-refractivity contribution in [2.45, 2.75) is 26.3 Å². The van der Waals surface area contributed by atoms with Crippen molar-refractivity contribution in [2.24, 2.45) is 11.7 Å². The Morgan fingerprint density at radius 2 is 1.87 bits per heavy atom. The SMILES string of the molecule is CC(C)[C@H](N)C(=O)NCCC(=O)N(C)C. The molecule has 0 aliphatic heterocycles. The van der Waals surface area contributed by atoms with Gasteiger partial charge in [-0.15, -0.1) is 0 Å². The lowest BCUT2D eigenvalue weighted by atomic mass is 10.1. The molecule has 5 nitrogen and oxygen atoms in total. The van der Waals surface area contributed by atoms with E-state index in [4.69, 9.17) is 5.73 Å². The summed E-state index contributed by atoms with van der Waals surface area (Å²) < 4.78 is 0. The number of amides is 2. The molecule has 0 spiro atoms. The lowest BCUT2D eigenvalue weighted by molar-refractivity contribution is -0.128. The van der Waals surface area contributed by atoms with Crippen molar-refractivity contribution in [1.29, 1.82) is 0 Å². The van der Waals surface area contributed by atoms with E-state index in [2.05, 4.69) is 5.32 Å². The van der Waals surface area contributed by atoms with Gasteiger partial charge in [0.25, 0.3) is 0 Å². The molecule has 0 unspecified atom stereocenters. The molecule has 0 aromatic carbocycles. The van der Waals surface area contributed by atoms with Gasteiger partial charge in [-0.05, 0) is 5.92 Å². The lowest BCUT2D eigenvalue weighted by Gasteiger charge is -2.15. The Labute approximate surface area is 91.0 Å². The van der Waals surface area contributed by atoms with Crippen LogP contribution in [0.4, 0.5) is 0 Å². The van der Waals surface area contributed by atoms with Gasteiger partial charge >= 0.3 is 0 Å². The van der Waals surface area contributed by atoms with Crippen LogP contribution in [0.25, 0.3) is 0 Å². The summed E-state index contributed by atoms with van der Waals surface area (Å²) >= 11 is 0. The second kappa shape index (κ2) is 6.40. The minimum absolute atomic E-state index is 0.00609. The number of nitrogens with zero attached hydrogens (tertiary/aromatic N) is 1. The molecule has 0 aliphatic carbocycles. The normalized spacial score (nSPS) is 12.4. The fraction of sp³-hybridized carbons (Fsp3) is 0.800. The van der Waals surface area contributed by atoms with Crippen molar-refractivity contribution in [2.75, 3.05) is 20.6 Å². The van der Waals surface area contributed by atoms with E-state index in [9.17, 15) is 9.59 Å². The van der Waals surface area contributed by atoms with Crippen LogP contribution < -0.4 is 11.1 Å². The highest BCUT2D eigenvalue weighted by molar-refractivity contribution is 5.82. The highest BCUT2D eigenvalue weighted by Gasteiger charge is 2.16. The van der Waals surface area contributed by atoms with Gasteiger partial charge in [-0.1, -0.05) is 13.8 Å². The van der Waals surface area contributed by atoms with Gasteiger partial charge in [0.2, 0.25) is 11.8 Å². The first-order valence-corrected chi connectivity index (χ1v) is 5.09. The summed E-state index contributed by atoms with van der Waals surface area (Å²) in [5.74, 6) is -0.0977. The maximum Gasteiger partial charge on any atom is 0.237 e. The zero-order valence-electron chi connectivity index (χ0n) is 9.91. The molecular formula is C10H21N3O2. The summed E-state index contributed by atoms with van der Waals surface area (Å²) in [5.41, 5.74) is 5.63. The fourth-order valence-electron chi connectivity index (χ4n) is 0.937. The fourth-order valence-corrected chi connectivity index (χ4v) is 0.937. The van der Waals surface area contributed by atoms with Crippen molar-refractivity contribution < 1.29 is 9.59 Å². The Morgan fingerprint density at radius 3 is 2.27 bits per heavy atom. The molecule has 0 bridgehead atoms. The minimum atomic E-state index is -0.501. The molecule has 3 N–H and O–H groups in total. The number of hydrogen-bond donors (Lipinski definition) is 2. The minimum Gasteiger partial charge on any atom is -0.354 e. The molecule has 2 amide bonds. The quantitative estimate of drug-likeness (QED) is 0.653. The number of carbonyl (C=O) groups excluding carboxylic acids is 2. The molecule has 0 saturated heterocycles. The first-order valence-electron chi connectivity index (χ1n) is 5.09. The standard InChI is InChI=1S/C10H21N3O2/c1-7(2)9(11)10(15)12-6-5-8(14)13(3)4/h7,9H,5-6,11H2,1-4H3,(H,12,15)/t9-/m0/s1. The molecule has 5 heteroatoms. The molecular weight excluding hydrogens is 194 g/mol. The van der Waals surface area contributed by atoms with E-state index in [1.165, 1.54) is 4.90 Å². The summed E-state index contributed by atoms with van der Waals surface area (Å²) in [6, 6.07) is -0.501. The third kappa shape index (κ3) is 5.37. The smallest absolute Gasteiger partial charge is 0.237 e. The van der Waals surface area contributed by atoms with Gasteiger partial charge in [0.1, 0.15) is 0 Å². The molecule has 0 heterocycles. The number of rotatable bonds is 5. The Bertz CT molecular complexity index is 227. The van der Waals surface area contributed by atoms with E-state index in [1.807, 2.05) is 13.8 Å². The van der Waals surface area contributed by atoms with Gasteiger partial charge in [-0.25, -0.2) is 0 Å². The maximum absolute atomic E-state index is 11.4. The van der Waals surface area contributed by atoms with Crippen LogP contribution in [0.2, 0.25) is 0 Å². The van der Waals surface area contributed by atoms with Crippen molar-refractivity contribution in [3.63, 3.8) is 0 Å². The van der Waals surface area contributed by atoms with Crippen LogP contribution in [0.5, 0.6) is 0 Å². The van der Waals surface area contributed by atoms with Crippen LogP contribution in [0.1, 0.15) is 20.3 Å². The lowest BCUT2D eigenvalue weighted by Crippen LogP contribution is -2.44. The Hall–Kier alpha value is -1.10. The summed E-state index contributed by atoms with van der Waals surface area (Å²) in [7, 11) is 3.37. The number of nitrogens with one attached hydrogen (secondary N) is 1.